The second-order valence-electron chi connectivity index (χ2n) is 4.65. The Morgan fingerprint density at radius 2 is 2.19 bits per heavy atom. The van der Waals surface area contributed by atoms with E-state index < -0.39 is 0 Å². The molecule has 3 heteroatoms. The average Bonchev–Trinajstić information content (AvgIpc) is 3.02. The molecule has 1 fully saturated rings. The van der Waals surface area contributed by atoms with Crippen LogP contribution < -0.4 is 10.6 Å². The lowest BCUT2D eigenvalue weighted by molar-refractivity contribution is 0.785. The maximum atomic E-state index is 5.56. The monoisotopic (exact) mass is 282 g/mol. The predicted molar refractivity (Wildman–Crippen MR) is 72.9 cm³/mol. The quantitative estimate of drug-likeness (QED) is 0.900. The van der Waals surface area contributed by atoms with Crippen molar-refractivity contribution in [2.45, 2.75) is 19.3 Å². The van der Waals surface area contributed by atoms with E-state index in [0.717, 1.165) is 12.3 Å². The van der Waals surface area contributed by atoms with Crippen molar-refractivity contribution in [1.29, 1.82) is 0 Å². The van der Waals surface area contributed by atoms with Crippen molar-refractivity contribution in [1.82, 2.24) is 0 Å². The lowest BCUT2D eigenvalue weighted by atomic mass is 10.1. The molecule has 2 nitrogen and oxygen atoms in total. The minimum absolute atomic E-state index is 0.712. The van der Waals surface area contributed by atoms with E-state index in [0.29, 0.717) is 6.54 Å². The second kappa shape index (κ2) is 5.19. The van der Waals surface area contributed by atoms with Crippen LogP contribution in [0.4, 0.5) is 5.69 Å². The first-order chi connectivity index (χ1) is 7.70. The molecule has 0 spiro atoms. The Bertz CT molecular complexity index is 361. The minimum Gasteiger partial charge on any atom is -0.373 e. The SMILES string of the molecule is CN(CC1CC1)c1ccc(CCN)cc1Br. The summed E-state index contributed by atoms with van der Waals surface area (Å²) in [4.78, 5) is 2.34. The van der Waals surface area contributed by atoms with Gasteiger partial charge in [-0.2, -0.15) is 0 Å². The number of anilines is 1. The topological polar surface area (TPSA) is 29.3 Å². The van der Waals surface area contributed by atoms with Gasteiger partial charge in [0.2, 0.25) is 0 Å². The number of nitrogens with two attached hydrogens (primary N) is 1. The van der Waals surface area contributed by atoms with Gasteiger partial charge in [-0.25, -0.2) is 0 Å². The normalized spacial score (nSPS) is 15.2. The summed E-state index contributed by atoms with van der Waals surface area (Å²) >= 11 is 3.65. The summed E-state index contributed by atoms with van der Waals surface area (Å²) < 4.78 is 1.18. The molecule has 0 aliphatic heterocycles. The fourth-order valence-electron chi connectivity index (χ4n) is 1.97. The molecule has 0 amide bonds. The first kappa shape index (κ1) is 11.9. The Hall–Kier alpha value is -0.540. The Kier molecular flexibility index (Phi) is 3.87. The van der Waals surface area contributed by atoms with Crippen molar-refractivity contribution in [2.75, 3.05) is 25.0 Å². The zero-order valence-corrected chi connectivity index (χ0v) is 11.3. The van der Waals surface area contributed by atoms with E-state index in [4.69, 9.17) is 5.73 Å². The van der Waals surface area contributed by atoms with E-state index in [1.807, 2.05) is 0 Å². The number of nitrogens with zero attached hydrogens (tertiary/aromatic N) is 1. The third-order valence-electron chi connectivity index (χ3n) is 3.09. The molecule has 0 aromatic heterocycles. The highest BCUT2D eigenvalue weighted by molar-refractivity contribution is 9.10. The summed E-state index contributed by atoms with van der Waals surface area (Å²) in [5.41, 5.74) is 8.15. The molecule has 1 aromatic carbocycles. The van der Waals surface area contributed by atoms with Crippen LogP contribution in [0.2, 0.25) is 0 Å². The first-order valence-electron chi connectivity index (χ1n) is 5.90. The third kappa shape index (κ3) is 2.98. The molecule has 1 aromatic rings. The molecule has 0 heterocycles. The molecule has 0 unspecified atom stereocenters. The van der Waals surface area contributed by atoms with Crippen molar-refractivity contribution < 1.29 is 0 Å². The van der Waals surface area contributed by atoms with Gasteiger partial charge in [0, 0.05) is 18.1 Å². The summed E-state index contributed by atoms with van der Waals surface area (Å²) in [5, 5.41) is 0. The van der Waals surface area contributed by atoms with Crippen LogP contribution in [0, 0.1) is 5.92 Å². The zero-order chi connectivity index (χ0) is 11.5. The molecule has 2 rings (SSSR count). The van der Waals surface area contributed by atoms with Crippen LogP contribution >= 0.6 is 15.9 Å². The Balaban J connectivity index is 2.07. The van der Waals surface area contributed by atoms with Gasteiger partial charge in [-0.3, -0.25) is 0 Å². The van der Waals surface area contributed by atoms with Gasteiger partial charge in [-0.05, 0) is 65.4 Å². The van der Waals surface area contributed by atoms with Crippen molar-refractivity contribution in [2.24, 2.45) is 11.7 Å². The fraction of sp³-hybridized carbons (Fsp3) is 0.538. The Morgan fingerprint density at radius 3 is 2.75 bits per heavy atom. The van der Waals surface area contributed by atoms with E-state index in [-0.39, 0.29) is 0 Å². The van der Waals surface area contributed by atoms with Crippen molar-refractivity contribution in [3.8, 4) is 0 Å². The number of benzene rings is 1. The lowest BCUT2D eigenvalue weighted by Gasteiger charge is -2.21. The van der Waals surface area contributed by atoms with E-state index in [9.17, 15) is 0 Å². The second-order valence-corrected chi connectivity index (χ2v) is 5.50. The standard InChI is InChI=1S/C13H19BrN2/c1-16(9-11-2-3-11)13-5-4-10(6-7-15)8-12(13)14/h4-5,8,11H,2-3,6-7,9,15H2,1H3. The summed E-state index contributed by atoms with van der Waals surface area (Å²) in [6.45, 7) is 1.89. The van der Waals surface area contributed by atoms with E-state index in [1.165, 1.54) is 35.1 Å². The molecule has 0 radical (unpaired) electrons. The van der Waals surface area contributed by atoms with Crippen LogP contribution in [0.5, 0.6) is 0 Å². The molecule has 0 bridgehead atoms. The molecule has 16 heavy (non-hydrogen) atoms. The summed E-state index contributed by atoms with van der Waals surface area (Å²) in [5.74, 6) is 0.917. The van der Waals surface area contributed by atoms with Crippen LogP contribution in [-0.4, -0.2) is 20.1 Å². The van der Waals surface area contributed by atoms with E-state index in [1.54, 1.807) is 0 Å². The molecule has 1 aliphatic carbocycles. The number of hydrogen-bond donors (Lipinski definition) is 1. The average molecular weight is 283 g/mol. The number of hydrogen-bond acceptors (Lipinski definition) is 2. The molecular weight excluding hydrogens is 264 g/mol. The van der Waals surface area contributed by atoms with Crippen LogP contribution in [0.3, 0.4) is 0 Å². The van der Waals surface area contributed by atoms with Crippen molar-refractivity contribution in [3.05, 3.63) is 28.2 Å². The Labute approximate surface area is 106 Å². The molecule has 1 aliphatic rings. The van der Waals surface area contributed by atoms with Gasteiger partial charge in [-0.15, -0.1) is 0 Å². The fourth-order valence-corrected chi connectivity index (χ4v) is 2.70. The third-order valence-corrected chi connectivity index (χ3v) is 3.72. The highest BCUT2D eigenvalue weighted by Crippen LogP contribution is 2.33. The maximum Gasteiger partial charge on any atom is 0.0508 e. The molecule has 0 atom stereocenters. The van der Waals surface area contributed by atoms with Gasteiger partial charge >= 0.3 is 0 Å². The van der Waals surface area contributed by atoms with Crippen molar-refractivity contribution in [3.63, 3.8) is 0 Å². The largest absolute Gasteiger partial charge is 0.373 e. The highest BCUT2D eigenvalue weighted by Gasteiger charge is 2.23. The van der Waals surface area contributed by atoms with Gasteiger partial charge in [-0.1, -0.05) is 6.07 Å². The van der Waals surface area contributed by atoms with Gasteiger partial charge < -0.3 is 10.6 Å². The number of halogens is 1. The molecule has 88 valence electrons. The highest BCUT2D eigenvalue weighted by atomic mass is 79.9. The molecule has 0 saturated heterocycles. The van der Waals surface area contributed by atoms with Gasteiger partial charge in [0.05, 0.1) is 5.69 Å². The van der Waals surface area contributed by atoms with Gasteiger partial charge in [0.25, 0.3) is 0 Å². The lowest BCUT2D eigenvalue weighted by Crippen LogP contribution is -2.20. The molecular formula is C13H19BrN2. The van der Waals surface area contributed by atoms with Crippen LogP contribution in [-0.2, 0) is 6.42 Å². The summed E-state index contributed by atoms with van der Waals surface area (Å²) in [6.07, 6.45) is 3.74. The van der Waals surface area contributed by atoms with E-state index >= 15 is 0 Å². The van der Waals surface area contributed by atoms with E-state index in [2.05, 4.69) is 46.1 Å². The molecule has 1 saturated carbocycles. The number of rotatable bonds is 5. The van der Waals surface area contributed by atoms with Gasteiger partial charge in [0.15, 0.2) is 0 Å². The van der Waals surface area contributed by atoms with Crippen molar-refractivity contribution >= 4 is 21.6 Å². The first-order valence-corrected chi connectivity index (χ1v) is 6.69. The summed E-state index contributed by atoms with van der Waals surface area (Å²) in [7, 11) is 2.17. The van der Waals surface area contributed by atoms with Crippen LogP contribution in [0.15, 0.2) is 22.7 Å². The van der Waals surface area contributed by atoms with Crippen LogP contribution in [0.25, 0.3) is 0 Å². The van der Waals surface area contributed by atoms with Gasteiger partial charge in [0.1, 0.15) is 0 Å². The van der Waals surface area contributed by atoms with Crippen LogP contribution in [0.1, 0.15) is 18.4 Å². The zero-order valence-electron chi connectivity index (χ0n) is 9.75. The Morgan fingerprint density at radius 1 is 1.44 bits per heavy atom. The summed E-state index contributed by atoms with van der Waals surface area (Å²) in [6, 6.07) is 6.55. The smallest absolute Gasteiger partial charge is 0.0508 e. The predicted octanol–water partition coefficient (Wildman–Crippen LogP) is 2.80. The minimum atomic E-state index is 0.712. The maximum absolute atomic E-state index is 5.56. The molecule has 2 N–H and O–H groups in total.